The molecule has 2 atom stereocenters. The Morgan fingerprint density at radius 3 is 2.91 bits per heavy atom. The molecule has 2 aliphatic rings. The van der Waals surface area contributed by atoms with Crippen LogP contribution in [0.4, 0.5) is 0 Å². The number of morpholine rings is 1. The topological polar surface area (TPSA) is 69.5 Å². The van der Waals surface area contributed by atoms with E-state index < -0.39 is 0 Å². The van der Waals surface area contributed by atoms with Crippen LogP contribution in [0.5, 0.6) is 0 Å². The van der Waals surface area contributed by atoms with E-state index in [1.54, 1.807) is 6.33 Å². The molecule has 1 aliphatic heterocycles. The average Bonchev–Trinajstić information content (AvgIpc) is 3.23. The summed E-state index contributed by atoms with van der Waals surface area (Å²) < 4.78 is 13.7. The zero-order valence-corrected chi connectivity index (χ0v) is 14.0. The van der Waals surface area contributed by atoms with Gasteiger partial charge in [-0.25, -0.2) is 0 Å². The number of aromatic nitrogens is 3. The maximum Gasteiger partial charge on any atom is 0.251 e. The van der Waals surface area contributed by atoms with Gasteiger partial charge in [-0.3, -0.25) is 4.79 Å². The molecule has 0 unspecified atom stereocenters. The van der Waals surface area contributed by atoms with Crippen LogP contribution in [0.15, 0.2) is 6.33 Å². The highest BCUT2D eigenvalue weighted by Crippen LogP contribution is 2.25. The first-order valence-corrected chi connectivity index (χ1v) is 8.58. The first-order chi connectivity index (χ1) is 11.2. The Morgan fingerprint density at radius 1 is 1.48 bits per heavy atom. The van der Waals surface area contributed by atoms with Gasteiger partial charge in [-0.1, -0.05) is 19.8 Å². The minimum atomic E-state index is -0.337. The molecule has 1 aliphatic carbocycles. The molecule has 1 saturated carbocycles. The van der Waals surface area contributed by atoms with E-state index in [2.05, 4.69) is 10.2 Å². The first-order valence-electron chi connectivity index (χ1n) is 8.58. The van der Waals surface area contributed by atoms with Crippen molar-refractivity contribution in [1.29, 1.82) is 0 Å². The van der Waals surface area contributed by atoms with Crippen molar-refractivity contribution in [2.45, 2.75) is 57.3 Å². The smallest absolute Gasteiger partial charge is 0.251 e. The number of rotatable bonds is 5. The average molecular weight is 322 g/mol. The molecular formula is C16H26N4O3. The van der Waals surface area contributed by atoms with Crippen molar-refractivity contribution in [3.63, 3.8) is 0 Å². The molecule has 2 heterocycles. The Hall–Kier alpha value is -1.47. The van der Waals surface area contributed by atoms with Crippen molar-refractivity contribution in [2.75, 3.05) is 19.7 Å². The lowest BCUT2D eigenvalue weighted by molar-refractivity contribution is -0.155. The Labute approximate surface area is 137 Å². The quantitative estimate of drug-likeness (QED) is 0.821. The molecule has 0 spiro atoms. The molecule has 0 aromatic carbocycles. The third kappa shape index (κ3) is 3.72. The van der Waals surface area contributed by atoms with Gasteiger partial charge in [0.15, 0.2) is 5.82 Å². The lowest BCUT2D eigenvalue weighted by Gasteiger charge is -2.34. The van der Waals surface area contributed by atoms with Crippen molar-refractivity contribution in [2.24, 2.45) is 7.05 Å². The van der Waals surface area contributed by atoms with E-state index in [1.165, 1.54) is 12.8 Å². The van der Waals surface area contributed by atoms with Crippen molar-refractivity contribution in [3.05, 3.63) is 12.2 Å². The number of carbonyl (C=O) groups is 1. The van der Waals surface area contributed by atoms with Crippen LogP contribution in [-0.2, 0) is 21.3 Å². The van der Waals surface area contributed by atoms with Crippen molar-refractivity contribution in [3.8, 4) is 0 Å². The first kappa shape index (κ1) is 16.4. The van der Waals surface area contributed by atoms with Gasteiger partial charge in [0.25, 0.3) is 5.91 Å². The summed E-state index contributed by atoms with van der Waals surface area (Å²) in [4.78, 5) is 14.7. The molecule has 2 fully saturated rings. The summed E-state index contributed by atoms with van der Waals surface area (Å²) in [6.07, 6.45) is 6.63. The number of amides is 1. The number of hydrogen-bond donors (Lipinski definition) is 0. The summed E-state index contributed by atoms with van der Waals surface area (Å²) in [6.45, 7) is 3.65. The van der Waals surface area contributed by atoms with Crippen molar-refractivity contribution >= 4 is 5.91 Å². The second-order valence-corrected chi connectivity index (χ2v) is 6.38. The van der Waals surface area contributed by atoms with Gasteiger partial charge in [-0.15, -0.1) is 10.2 Å². The minimum absolute atomic E-state index is 0.0786. The maximum absolute atomic E-state index is 12.8. The number of aryl methyl sites for hydroxylation is 1. The predicted molar refractivity (Wildman–Crippen MR) is 83.7 cm³/mol. The van der Waals surface area contributed by atoms with Crippen LogP contribution in [0.1, 0.15) is 51.0 Å². The molecule has 128 valence electrons. The third-order valence-corrected chi connectivity index (χ3v) is 4.72. The molecular weight excluding hydrogens is 296 g/mol. The standard InChI is InChI=1S/C16H26N4O3/c1-3-13(23-12-6-4-5-7-12)16(21)20-8-9-22-14(10-20)15-18-17-11-19(15)2/h11-14H,3-10H2,1-2H3/t13-,14+/m0/s1. The molecule has 1 aromatic heterocycles. The fourth-order valence-electron chi connectivity index (χ4n) is 3.38. The molecule has 1 aromatic rings. The van der Waals surface area contributed by atoms with Gasteiger partial charge in [-0.2, -0.15) is 0 Å². The molecule has 7 nitrogen and oxygen atoms in total. The molecule has 3 rings (SSSR count). The number of carbonyl (C=O) groups excluding carboxylic acids is 1. The fourth-order valence-corrected chi connectivity index (χ4v) is 3.38. The normalized spacial score (nSPS) is 24.1. The maximum atomic E-state index is 12.8. The number of nitrogens with zero attached hydrogens (tertiary/aromatic N) is 4. The predicted octanol–water partition coefficient (Wildman–Crippen LogP) is 1.45. The number of hydrogen-bond acceptors (Lipinski definition) is 5. The highest BCUT2D eigenvalue weighted by atomic mass is 16.5. The molecule has 0 bridgehead atoms. The van der Waals surface area contributed by atoms with E-state index >= 15 is 0 Å². The van der Waals surface area contributed by atoms with Gasteiger partial charge in [0, 0.05) is 13.6 Å². The van der Waals surface area contributed by atoms with E-state index in [-0.39, 0.29) is 24.2 Å². The van der Waals surface area contributed by atoms with Gasteiger partial charge >= 0.3 is 0 Å². The second kappa shape index (κ2) is 7.40. The SMILES string of the molecule is CC[C@H](OC1CCCC1)C(=O)N1CCO[C@@H](c2nncn2C)C1. The largest absolute Gasteiger partial charge is 0.366 e. The van der Waals surface area contributed by atoms with Crippen LogP contribution < -0.4 is 0 Å². The molecule has 1 saturated heterocycles. The lowest BCUT2D eigenvalue weighted by atomic mass is 10.2. The Morgan fingerprint density at radius 2 is 2.26 bits per heavy atom. The zero-order chi connectivity index (χ0) is 16.2. The van der Waals surface area contributed by atoms with Crippen LogP contribution in [0.2, 0.25) is 0 Å². The van der Waals surface area contributed by atoms with Gasteiger partial charge in [-0.05, 0) is 19.3 Å². The van der Waals surface area contributed by atoms with Crippen molar-refractivity contribution in [1.82, 2.24) is 19.7 Å². The van der Waals surface area contributed by atoms with Crippen LogP contribution in [0.25, 0.3) is 0 Å². The Kier molecular flexibility index (Phi) is 5.27. The molecule has 1 amide bonds. The highest BCUT2D eigenvalue weighted by Gasteiger charge is 2.33. The fraction of sp³-hybridized carbons (Fsp3) is 0.812. The Bertz CT molecular complexity index is 527. The summed E-state index contributed by atoms with van der Waals surface area (Å²) in [5, 5.41) is 7.99. The molecule has 7 heteroatoms. The number of ether oxygens (including phenoxy) is 2. The second-order valence-electron chi connectivity index (χ2n) is 6.38. The van der Waals surface area contributed by atoms with Gasteiger partial charge < -0.3 is 18.9 Å². The monoisotopic (exact) mass is 322 g/mol. The van der Waals surface area contributed by atoms with E-state index in [4.69, 9.17) is 9.47 Å². The molecule has 0 N–H and O–H groups in total. The molecule has 0 radical (unpaired) electrons. The Balaban J connectivity index is 1.62. The summed E-state index contributed by atoms with van der Waals surface area (Å²) in [5.74, 6) is 0.835. The summed E-state index contributed by atoms with van der Waals surface area (Å²) in [5.41, 5.74) is 0. The van der Waals surface area contributed by atoms with Gasteiger partial charge in [0.05, 0.1) is 19.3 Å². The van der Waals surface area contributed by atoms with Gasteiger partial charge in [0.2, 0.25) is 0 Å². The zero-order valence-electron chi connectivity index (χ0n) is 14.0. The summed E-state index contributed by atoms with van der Waals surface area (Å²) >= 11 is 0. The van der Waals surface area contributed by atoms with Crippen molar-refractivity contribution < 1.29 is 14.3 Å². The third-order valence-electron chi connectivity index (χ3n) is 4.72. The van der Waals surface area contributed by atoms with E-state index in [0.29, 0.717) is 26.1 Å². The van der Waals surface area contributed by atoms with Gasteiger partial charge in [0.1, 0.15) is 18.5 Å². The van der Waals surface area contributed by atoms with E-state index in [0.717, 1.165) is 18.7 Å². The van der Waals surface area contributed by atoms with Crippen LogP contribution in [-0.4, -0.2) is 57.5 Å². The summed E-state index contributed by atoms with van der Waals surface area (Å²) in [7, 11) is 1.89. The summed E-state index contributed by atoms with van der Waals surface area (Å²) in [6, 6.07) is 0. The highest BCUT2D eigenvalue weighted by molar-refractivity contribution is 5.81. The van der Waals surface area contributed by atoms with E-state index in [9.17, 15) is 4.79 Å². The molecule has 23 heavy (non-hydrogen) atoms. The van der Waals surface area contributed by atoms with Crippen LogP contribution >= 0.6 is 0 Å². The minimum Gasteiger partial charge on any atom is -0.366 e. The van der Waals surface area contributed by atoms with Crippen LogP contribution in [0.3, 0.4) is 0 Å². The van der Waals surface area contributed by atoms with E-state index in [1.807, 2.05) is 23.4 Å². The van der Waals surface area contributed by atoms with Crippen LogP contribution in [0, 0.1) is 0 Å². The lowest BCUT2D eigenvalue weighted by Crippen LogP contribution is -2.48.